The topological polar surface area (TPSA) is 81.4 Å². The highest BCUT2D eigenvalue weighted by atomic mass is 16.5. The van der Waals surface area contributed by atoms with Gasteiger partial charge in [-0.2, -0.15) is 0 Å². The second kappa shape index (κ2) is 2.55. The summed E-state index contributed by atoms with van der Waals surface area (Å²) in [5, 5.41) is 2.28. The van der Waals surface area contributed by atoms with E-state index in [1.807, 2.05) is 0 Å². The SMILES string of the molecule is NC(=O)C1CCOC(=O)N1. The summed E-state index contributed by atoms with van der Waals surface area (Å²) < 4.78 is 4.50. The second-order valence-electron chi connectivity index (χ2n) is 2.02. The predicted molar refractivity (Wildman–Crippen MR) is 32.1 cm³/mol. The van der Waals surface area contributed by atoms with Crippen LogP contribution in [-0.2, 0) is 9.53 Å². The van der Waals surface area contributed by atoms with Gasteiger partial charge in [0.2, 0.25) is 5.91 Å². The largest absolute Gasteiger partial charge is 0.449 e. The minimum atomic E-state index is -0.574. The van der Waals surface area contributed by atoms with E-state index in [1.54, 1.807) is 0 Å². The van der Waals surface area contributed by atoms with Gasteiger partial charge in [0.25, 0.3) is 0 Å². The van der Waals surface area contributed by atoms with Gasteiger partial charge in [-0.3, -0.25) is 4.79 Å². The molecule has 1 rings (SSSR count). The third-order valence-electron chi connectivity index (χ3n) is 1.28. The number of alkyl carbamates (subject to hydrolysis) is 1. The fourth-order valence-corrected chi connectivity index (χ4v) is 0.739. The third-order valence-corrected chi connectivity index (χ3v) is 1.28. The molecule has 1 atom stereocenters. The number of primary amides is 1. The van der Waals surface area contributed by atoms with Crippen LogP contribution in [0.1, 0.15) is 6.42 Å². The van der Waals surface area contributed by atoms with Crippen LogP contribution in [0, 0.1) is 0 Å². The maximum absolute atomic E-state index is 10.5. The van der Waals surface area contributed by atoms with E-state index in [4.69, 9.17) is 5.73 Å². The summed E-state index contributed by atoms with van der Waals surface area (Å²) in [7, 11) is 0. The molecule has 5 heteroatoms. The van der Waals surface area contributed by atoms with Gasteiger partial charge in [0, 0.05) is 6.42 Å². The number of hydrogen-bond donors (Lipinski definition) is 2. The Labute approximate surface area is 57.5 Å². The number of carbonyl (C=O) groups is 2. The summed E-state index contributed by atoms with van der Waals surface area (Å²) in [5.74, 6) is -0.517. The van der Waals surface area contributed by atoms with Crippen LogP contribution in [0.15, 0.2) is 0 Å². The Bertz CT molecular complexity index is 166. The van der Waals surface area contributed by atoms with Crippen molar-refractivity contribution >= 4 is 12.0 Å². The Morgan fingerprint density at radius 2 is 2.50 bits per heavy atom. The first-order valence-electron chi connectivity index (χ1n) is 2.93. The van der Waals surface area contributed by atoms with Crippen LogP contribution < -0.4 is 11.1 Å². The van der Waals surface area contributed by atoms with Crippen LogP contribution >= 0.6 is 0 Å². The molecule has 0 aromatic heterocycles. The average molecular weight is 144 g/mol. The van der Waals surface area contributed by atoms with Crippen molar-refractivity contribution in [1.29, 1.82) is 0 Å². The maximum Gasteiger partial charge on any atom is 0.407 e. The molecular weight excluding hydrogens is 136 g/mol. The summed E-state index contributed by atoms with van der Waals surface area (Å²) in [6.07, 6.45) is -0.115. The zero-order valence-corrected chi connectivity index (χ0v) is 5.29. The molecule has 1 aliphatic heterocycles. The van der Waals surface area contributed by atoms with Crippen LogP contribution in [0.2, 0.25) is 0 Å². The van der Waals surface area contributed by atoms with Crippen molar-refractivity contribution in [3.05, 3.63) is 0 Å². The molecule has 0 aliphatic carbocycles. The fraction of sp³-hybridized carbons (Fsp3) is 0.600. The Balaban J connectivity index is 2.47. The van der Waals surface area contributed by atoms with E-state index in [9.17, 15) is 9.59 Å². The van der Waals surface area contributed by atoms with Gasteiger partial charge in [0.1, 0.15) is 6.04 Å². The van der Waals surface area contributed by atoms with Crippen LogP contribution in [0.25, 0.3) is 0 Å². The lowest BCUT2D eigenvalue weighted by atomic mass is 10.2. The zero-order chi connectivity index (χ0) is 7.56. The van der Waals surface area contributed by atoms with E-state index in [2.05, 4.69) is 10.1 Å². The van der Waals surface area contributed by atoms with Gasteiger partial charge in [-0.15, -0.1) is 0 Å². The Morgan fingerprint density at radius 1 is 1.80 bits per heavy atom. The minimum Gasteiger partial charge on any atom is -0.449 e. The highest BCUT2D eigenvalue weighted by Gasteiger charge is 2.22. The van der Waals surface area contributed by atoms with Crippen molar-refractivity contribution in [3.63, 3.8) is 0 Å². The number of nitrogens with two attached hydrogens (primary N) is 1. The molecule has 0 spiro atoms. The smallest absolute Gasteiger partial charge is 0.407 e. The second-order valence-corrected chi connectivity index (χ2v) is 2.02. The number of ether oxygens (including phenoxy) is 1. The molecule has 2 amide bonds. The maximum atomic E-state index is 10.5. The van der Waals surface area contributed by atoms with Crippen LogP contribution in [-0.4, -0.2) is 24.6 Å². The van der Waals surface area contributed by atoms with Crippen molar-refractivity contribution in [3.8, 4) is 0 Å². The molecule has 1 fully saturated rings. The van der Waals surface area contributed by atoms with Crippen molar-refractivity contribution in [1.82, 2.24) is 5.32 Å². The monoisotopic (exact) mass is 144 g/mol. The number of nitrogens with one attached hydrogen (secondary N) is 1. The predicted octanol–water partition coefficient (Wildman–Crippen LogP) is -1.03. The summed E-state index contributed by atoms with van der Waals surface area (Å²) in [4.78, 5) is 20.9. The number of hydrogen-bond acceptors (Lipinski definition) is 3. The Morgan fingerprint density at radius 3 is 2.90 bits per heavy atom. The Kier molecular flexibility index (Phi) is 1.75. The summed E-state index contributed by atoms with van der Waals surface area (Å²) in [6, 6.07) is -0.554. The zero-order valence-electron chi connectivity index (χ0n) is 5.29. The standard InChI is InChI=1S/C5H8N2O3/c6-4(8)3-1-2-10-5(9)7-3/h3H,1-2H2,(H2,6,8)(H,7,9). The van der Waals surface area contributed by atoms with Gasteiger partial charge >= 0.3 is 6.09 Å². The van der Waals surface area contributed by atoms with E-state index in [0.29, 0.717) is 6.42 Å². The van der Waals surface area contributed by atoms with E-state index >= 15 is 0 Å². The highest BCUT2D eigenvalue weighted by molar-refractivity contribution is 5.84. The molecule has 5 nitrogen and oxygen atoms in total. The molecule has 1 heterocycles. The normalized spacial score (nSPS) is 24.8. The molecule has 0 radical (unpaired) electrons. The van der Waals surface area contributed by atoms with Gasteiger partial charge in [-0.1, -0.05) is 0 Å². The molecular formula is C5H8N2O3. The molecule has 56 valence electrons. The number of cyclic esters (lactones) is 1. The lowest BCUT2D eigenvalue weighted by Crippen LogP contribution is -2.48. The molecule has 3 N–H and O–H groups in total. The summed E-state index contributed by atoms with van der Waals surface area (Å²) >= 11 is 0. The van der Waals surface area contributed by atoms with Crippen LogP contribution in [0.5, 0.6) is 0 Å². The van der Waals surface area contributed by atoms with E-state index < -0.39 is 18.0 Å². The number of amides is 2. The quantitative estimate of drug-likeness (QED) is 0.493. The first-order valence-corrected chi connectivity index (χ1v) is 2.93. The van der Waals surface area contributed by atoms with E-state index in [1.165, 1.54) is 0 Å². The minimum absolute atomic E-state index is 0.263. The fourth-order valence-electron chi connectivity index (χ4n) is 0.739. The van der Waals surface area contributed by atoms with Crippen molar-refractivity contribution in [2.45, 2.75) is 12.5 Å². The average Bonchev–Trinajstić information content (AvgIpc) is 1.88. The first-order chi connectivity index (χ1) is 4.70. The van der Waals surface area contributed by atoms with Crippen molar-refractivity contribution in [2.24, 2.45) is 5.73 Å². The lowest BCUT2D eigenvalue weighted by molar-refractivity contribution is -0.120. The Hall–Kier alpha value is -1.26. The summed E-state index contributed by atoms with van der Waals surface area (Å²) in [6.45, 7) is 0.263. The van der Waals surface area contributed by atoms with Crippen molar-refractivity contribution in [2.75, 3.05) is 6.61 Å². The number of rotatable bonds is 1. The highest BCUT2D eigenvalue weighted by Crippen LogP contribution is 1.99. The molecule has 1 aliphatic rings. The van der Waals surface area contributed by atoms with Gasteiger partial charge < -0.3 is 15.8 Å². The van der Waals surface area contributed by atoms with Crippen LogP contribution in [0.4, 0.5) is 4.79 Å². The molecule has 10 heavy (non-hydrogen) atoms. The van der Waals surface area contributed by atoms with Crippen molar-refractivity contribution < 1.29 is 14.3 Å². The van der Waals surface area contributed by atoms with Gasteiger partial charge in [-0.25, -0.2) is 4.79 Å². The summed E-state index contributed by atoms with van der Waals surface area (Å²) in [5.41, 5.74) is 4.92. The first kappa shape index (κ1) is 6.85. The van der Waals surface area contributed by atoms with E-state index in [0.717, 1.165) is 0 Å². The van der Waals surface area contributed by atoms with Gasteiger partial charge in [0.05, 0.1) is 6.61 Å². The lowest BCUT2D eigenvalue weighted by Gasteiger charge is -2.19. The molecule has 0 bridgehead atoms. The molecule has 0 saturated carbocycles. The third kappa shape index (κ3) is 1.37. The molecule has 0 aromatic rings. The van der Waals surface area contributed by atoms with Gasteiger partial charge in [0.15, 0.2) is 0 Å². The van der Waals surface area contributed by atoms with E-state index in [-0.39, 0.29) is 6.61 Å². The number of carbonyl (C=O) groups excluding carboxylic acids is 2. The molecule has 1 unspecified atom stereocenters. The van der Waals surface area contributed by atoms with Crippen LogP contribution in [0.3, 0.4) is 0 Å². The van der Waals surface area contributed by atoms with Gasteiger partial charge in [-0.05, 0) is 0 Å². The molecule has 1 saturated heterocycles. The molecule has 0 aromatic carbocycles.